The largest absolute Gasteiger partial charge is 0.454 e. The normalized spacial score (nSPS) is 8.60. The van der Waals surface area contributed by atoms with E-state index in [0.29, 0.717) is 0 Å². The summed E-state index contributed by atoms with van der Waals surface area (Å²) in [6.45, 7) is 0.114. The van der Waals surface area contributed by atoms with Gasteiger partial charge in [-0.3, -0.25) is 0 Å². The molecule has 0 spiro atoms. The third-order valence-corrected chi connectivity index (χ3v) is 0.972. The van der Waals surface area contributed by atoms with Crippen molar-refractivity contribution in [3.05, 3.63) is 0 Å². The van der Waals surface area contributed by atoms with Crippen LogP contribution in [0.1, 0.15) is 0 Å². The highest BCUT2D eigenvalue weighted by atomic mass is 79.9. The number of rotatable bonds is 3. The van der Waals surface area contributed by atoms with Crippen LogP contribution in [0.2, 0.25) is 0 Å². The number of carbonyl (C=O) groups excluding carboxylic acids is 2. The van der Waals surface area contributed by atoms with Crippen molar-refractivity contribution < 1.29 is 19.1 Å². The van der Waals surface area contributed by atoms with E-state index in [4.69, 9.17) is 0 Å². The maximum Gasteiger partial charge on any atom is 0.374 e. The van der Waals surface area contributed by atoms with Gasteiger partial charge in [0.1, 0.15) is 13.2 Å². The molecule has 4 nitrogen and oxygen atoms in total. The zero-order valence-corrected chi connectivity index (χ0v) is 7.98. The molecule has 0 saturated heterocycles. The fourth-order valence-electron chi connectivity index (χ4n) is 0.244. The maximum atomic E-state index is 10.0. The van der Waals surface area contributed by atoms with E-state index in [1.807, 2.05) is 0 Å². The van der Waals surface area contributed by atoms with Gasteiger partial charge in [-0.2, -0.15) is 0 Å². The Kier molecular flexibility index (Phi) is 5.61. The van der Waals surface area contributed by atoms with Crippen LogP contribution in [0.5, 0.6) is 0 Å². The Hall–Kier alpha value is -0.100. The van der Waals surface area contributed by atoms with E-state index in [1.54, 1.807) is 0 Å². The molecule has 0 amide bonds. The molecule has 0 fully saturated rings. The number of halogens is 2. The van der Waals surface area contributed by atoms with Gasteiger partial charge in [0.25, 0.3) is 0 Å². The average Bonchev–Trinajstić information content (AvgIpc) is 1.79. The van der Waals surface area contributed by atoms with E-state index >= 15 is 0 Å². The van der Waals surface area contributed by atoms with Crippen molar-refractivity contribution >= 4 is 41.6 Å². The molecule has 0 N–H and O–H groups in total. The molecule has 6 heteroatoms. The second kappa shape index (κ2) is 5.67. The summed E-state index contributed by atoms with van der Waals surface area (Å²) in [4.78, 5) is 18.9. The lowest BCUT2D eigenvalue weighted by Gasteiger charge is -1.98. The van der Waals surface area contributed by atoms with Gasteiger partial charge in [0.15, 0.2) is 0 Å². The SMILES string of the molecule is O=C(Br)OCCOC(=O)Br. The van der Waals surface area contributed by atoms with Crippen molar-refractivity contribution in [2.45, 2.75) is 0 Å². The number of hydrogen-bond acceptors (Lipinski definition) is 4. The standard InChI is InChI=1S/C4H4Br2O4/c5-3(7)9-1-2-10-4(6)8/h1-2H2. The molecule has 0 bridgehead atoms. The minimum atomic E-state index is -0.571. The zero-order valence-electron chi connectivity index (χ0n) is 4.80. The highest BCUT2D eigenvalue weighted by Gasteiger charge is 1.96. The maximum absolute atomic E-state index is 10.0. The van der Waals surface area contributed by atoms with Crippen LogP contribution in [0.4, 0.5) is 9.59 Å². The lowest BCUT2D eigenvalue weighted by Crippen LogP contribution is -2.05. The van der Waals surface area contributed by atoms with Gasteiger partial charge in [0.2, 0.25) is 0 Å². The predicted molar refractivity (Wildman–Crippen MR) is 40.6 cm³/mol. The summed E-state index contributed by atoms with van der Waals surface area (Å²) in [7, 11) is 0. The fraction of sp³-hybridized carbons (Fsp3) is 0.500. The molecule has 0 aromatic heterocycles. The number of carbonyl (C=O) groups is 2. The Morgan fingerprint density at radius 3 is 1.50 bits per heavy atom. The van der Waals surface area contributed by atoms with Crippen molar-refractivity contribution in [2.24, 2.45) is 0 Å². The quantitative estimate of drug-likeness (QED) is 0.584. The molecule has 0 aliphatic heterocycles. The van der Waals surface area contributed by atoms with E-state index in [0.717, 1.165) is 0 Å². The molecule has 0 aromatic carbocycles. The van der Waals surface area contributed by atoms with Crippen LogP contribution in [0.3, 0.4) is 0 Å². The van der Waals surface area contributed by atoms with Crippen molar-refractivity contribution in [3.63, 3.8) is 0 Å². The van der Waals surface area contributed by atoms with Crippen LogP contribution < -0.4 is 0 Å². The molecule has 0 aromatic rings. The van der Waals surface area contributed by atoms with Gasteiger partial charge in [-0.1, -0.05) is 0 Å². The first-order valence-corrected chi connectivity index (χ1v) is 3.86. The van der Waals surface area contributed by atoms with Crippen LogP contribution in [0, 0.1) is 0 Å². The van der Waals surface area contributed by atoms with Crippen molar-refractivity contribution in [3.8, 4) is 0 Å². The summed E-state index contributed by atoms with van der Waals surface area (Å²) < 4.78 is 8.74. The summed E-state index contributed by atoms with van der Waals surface area (Å²) >= 11 is 5.06. The Balaban J connectivity index is 3.06. The molecule has 58 valence electrons. The van der Waals surface area contributed by atoms with Gasteiger partial charge in [0, 0.05) is 31.9 Å². The minimum Gasteiger partial charge on any atom is -0.454 e. The van der Waals surface area contributed by atoms with Gasteiger partial charge in [-0.15, -0.1) is 0 Å². The van der Waals surface area contributed by atoms with Gasteiger partial charge in [0.05, 0.1) is 0 Å². The average molecular weight is 276 g/mol. The molecule has 0 aliphatic rings. The summed E-state index contributed by atoms with van der Waals surface area (Å²) in [5.41, 5.74) is 0. The molecular formula is C4H4Br2O4. The van der Waals surface area contributed by atoms with E-state index < -0.39 is 9.76 Å². The van der Waals surface area contributed by atoms with Crippen LogP contribution in [-0.2, 0) is 9.47 Å². The molecule has 0 heterocycles. The van der Waals surface area contributed by atoms with E-state index in [-0.39, 0.29) is 13.2 Å². The summed E-state index contributed by atoms with van der Waals surface area (Å²) in [6, 6.07) is 0. The zero-order chi connectivity index (χ0) is 7.98. The van der Waals surface area contributed by atoms with Crippen LogP contribution >= 0.6 is 31.9 Å². The minimum absolute atomic E-state index is 0.0570. The molecule has 10 heavy (non-hydrogen) atoms. The lowest BCUT2D eigenvalue weighted by molar-refractivity contribution is 0.124. The highest BCUT2D eigenvalue weighted by molar-refractivity contribution is 9.18. The predicted octanol–water partition coefficient (Wildman–Crippen LogP) is 2.05. The van der Waals surface area contributed by atoms with E-state index in [9.17, 15) is 9.59 Å². The molecule has 0 aliphatic carbocycles. The second-order valence-electron chi connectivity index (χ2n) is 1.17. The van der Waals surface area contributed by atoms with E-state index in [1.165, 1.54) is 0 Å². The molecule has 0 atom stereocenters. The van der Waals surface area contributed by atoms with Crippen LogP contribution in [-0.4, -0.2) is 23.0 Å². The summed E-state index contributed by atoms with van der Waals surface area (Å²) in [5, 5.41) is 0. The summed E-state index contributed by atoms with van der Waals surface area (Å²) in [6.07, 6.45) is 0. The third-order valence-electron chi connectivity index (χ3n) is 0.514. The van der Waals surface area contributed by atoms with Crippen molar-refractivity contribution in [1.29, 1.82) is 0 Å². The molecular weight excluding hydrogens is 272 g/mol. The number of ether oxygens (including phenoxy) is 2. The molecule has 0 saturated carbocycles. The van der Waals surface area contributed by atoms with E-state index in [2.05, 4.69) is 41.3 Å². The molecule has 0 unspecified atom stereocenters. The topological polar surface area (TPSA) is 52.6 Å². The van der Waals surface area contributed by atoms with Gasteiger partial charge >= 0.3 is 9.76 Å². The fourth-order valence-corrected chi connectivity index (χ4v) is 0.568. The highest BCUT2D eigenvalue weighted by Crippen LogP contribution is 1.92. The Morgan fingerprint density at radius 1 is 1.00 bits per heavy atom. The Bertz CT molecular complexity index is 119. The number of hydrogen-bond donors (Lipinski definition) is 0. The first-order valence-electron chi connectivity index (χ1n) is 2.27. The third kappa shape index (κ3) is 7.90. The Morgan fingerprint density at radius 2 is 1.30 bits per heavy atom. The van der Waals surface area contributed by atoms with Crippen molar-refractivity contribution in [1.82, 2.24) is 0 Å². The van der Waals surface area contributed by atoms with Gasteiger partial charge in [-0.25, -0.2) is 9.59 Å². The van der Waals surface area contributed by atoms with Crippen molar-refractivity contribution in [2.75, 3.05) is 13.2 Å². The van der Waals surface area contributed by atoms with Crippen LogP contribution in [0.15, 0.2) is 0 Å². The smallest absolute Gasteiger partial charge is 0.374 e. The first-order chi connectivity index (χ1) is 4.63. The van der Waals surface area contributed by atoms with Gasteiger partial charge in [-0.05, 0) is 0 Å². The van der Waals surface area contributed by atoms with Gasteiger partial charge < -0.3 is 9.47 Å². The summed E-state index contributed by atoms with van der Waals surface area (Å²) in [5.74, 6) is 0. The van der Waals surface area contributed by atoms with Crippen LogP contribution in [0.25, 0.3) is 0 Å². The molecule has 0 radical (unpaired) electrons. The Labute approximate surface area is 74.1 Å². The monoisotopic (exact) mass is 274 g/mol. The second-order valence-corrected chi connectivity index (χ2v) is 2.47. The first kappa shape index (κ1) is 9.90. The molecule has 0 rings (SSSR count). The lowest BCUT2D eigenvalue weighted by atomic mass is 10.8.